The standard InChI is InChI=1S/Cu.Fe.Pb.Zn/q+1;+2;;+2. The molecule has 0 aromatic rings. The van der Waals surface area contributed by atoms with E-state index in [0.29, 0.717) is 0 Å². The molecule has 0 aliphatic rings. The Morgan fingerprint density at radius 1 is 1.00 bits per heavy atom. The van der Waals surface area contributed by atoms with Gasteiger partial charge in [-0.05, 0) is 0 Å². The average Bonchev–Trinajstić information content (AvgIpc) is 0. The molecule has 4 radical (unpaired) electrons. The summed E-state index contributed by atoms with van der Waals surface area (Å²) in [4.78, 5) is 0. The molecule has 0 amide bonds. The smallest absolute Gasteiger partial charge is 0 e. The van der Waals surface area contributed by atoms with Crippen molar-refractivity contribution in [1.29, 1.82) is 0 Å². The molecule has 0 heterocycles. The summed E-state index contributed by atoms with van der Waals surface area (Å²) < 4.78 is 0. The number of hydrogen-bond acceptors (Lipinski definition) is 0. The van der Waals surface area contributed by atoms with Crippen LogP contribution in [-0.4, -0.2) is 27.3 Å². The first-order chi connectivity index (χ1) is 0. The molecular formula is CuFePbZn+5. The average molecular weight is 392 g/mol. The zero-order valence-electron chi connectivity index (χ0n) is 1.86. The van der Waals surface area contributed by atoms with E-state index in [2.05, 4.69) is 0 Å². The topological polar surface area (TPSA) is 0 Å². The molecular weight excluding hydrogens is 392 g/mol. The Kier molecular flexibility index (Phi) is 135. The fourth-order valence-electron chi connectivity index (χ4n) is 0. The van der Waals surface area contributed by atoms with Gasteiger partial charge < -0.3 is 0 Å². The quantitative estimate of drug-likeness (QED) is 0.493. The van der Waals surface area contributed by atoms with Crippen molar-refractivity contribution in [3.63, 3.8) is 0 Å². The minimum Gasteiger partial charge on any atom is 0 e. The first kappa shape index (κ1) is 30.7. The summed E-state index contributed by atoms with van der Waals surface area (Å²) in [6.07, 6.45) is 0. The molecule has 0 spiro atoms. The third-order valence-corrected chi connectivity index (χ3v) is 0. The molecule has 0 aliphatic heterocycles. The van der Waals surface area contributed by atoms with Crippen LogP contribution in [0, 0.1) is 0 Å². The first-order valence-electron chi connectivity index (χ1n) is 0. The Balaban J connectivity index is 0. The Bertz CT molecular complexity index is 8.00. The maximum atomic E-state index is 0. The summed E-state index contributed by atoms with van der Waals surface area (Å²) in [5.41, 5.74) is 0. The van der Waals surface area contributed by atoms with Gasteiger partial charge in [-0.15, -0.1) is 0 Å². The molecule has 4 heavy (non-hydrogen) atoms. The van der Waals surface area contributed by atoms with E-state index in [1.54, 1.807) is 0 Å². The van der Waals surface area contributed by atoms with Gasteiger partial charge in [0.05, 0.1) is 0 Å². The molecule has 20 valence electrons. The minimum absolute atomic E-state index is 0. The van der Waals surface area contributed by atoms with Gasteiger partial charge >= 0.3 is 53.6 Å². The maximum absolute atomic E-state index is 0. The molecule has 0 unspecified atom stereocenters. The second-order valence-electron chi connectivity index (χ2n) is 0. The van der Waals surface area contributed by atoms with Crippen LogP contribution in [0.4, 0.5) is 0 Å². The molecule has 0 fully saturated rings. The van der Waals surface area contributed by atoms with E-state index in [9.17, 15) is 0 Å². The van der Waals surface area contributed by atoms with Crippen molar-refractivity contribution >= 4 is 27.3 Å². The molecule has 0 aromatic heterocycles. The Labute approximate surface area is 79.7 Å². The van der Waals surface area contributed by atoms with Crippen molar-refractivity contribution in [3.05, 3.63) is 0 Å². The summed E-state index contributed by atoms with van der Waals surface area (Å²) >= 11 is 0. The van der Waals surface area contributed by atoms with Crippen molar-refractivity contribution in [2.75, 3.05) is 0 Å². The van der Waals surface area contributed by atoms with Crippen LogP contribution in [-0.2, 0) is 53.6 Å². The molecule has 0 saturated carbocycles. The Morgan fingerprint density at radius 3 is 1.00 bits per heavy atom. The van der Waals surface area contributed by atoms with Gasteiger partial charge in [-0.1, -0.05) is 0 Å². The van der Waals surface area contributed by atoms with Crippen LogP contribution < -0.4 is 0 Å². The summed E-state index contributed by atoms with van der Waals surface area (Å²) in [7, 11) is 0. The molecule has 0 aromatic carbocycles. The second-order valence-corrected chi connectivity index (χ2v) is 0. The predicted octanol–water partition coefficient (Wildman–Crippen LogP) is -0.388. The largest absolute Gasteiger partial charge is 2.00 e. The Hall–Kier alpha value is 2.58. The normalized spacial score (nSPS) is 0. The van der Waals surface area contributed by atoms with Gasteiger partial charge in [0, 0.05) is 27.3 Å². The monoisotopic (exact) mass is 391 g/mol. The van der Waals surface area contributed by atoms with Crippen LogP contribution in [0.1, 0.15) is 0 Å². The van der Waals surface area contributed by atoms with Gasteiger partial charge in [0.15, 0.2) is 0 Å². The number of hydrogen-bond donors (Lipinski definition) is 0. The Morgan fingerprint density at radius 2 is 1.00 bits per heavy atom. The maximum Gasteiger partial charge on any atom is 2.00 e. The van der Waals surface area contributed by atoms with Gasteiger partial charge in [0.25, 0.3) is 0 Å². The molecule has 0 aliphatic carbocycles. The van der Waals surface area contributed by atoms with Crippen molar-refractivity contribution in [3.8, 4) is 0 Å². The van der Waals surface area contributed by atoms with Crippen LogP contribution in [0.15, 0.2) is 0 Å². The van der Waals surface area contributed by atoms with E-state index in [1.807, 2.05) is 0 Å². The number of rotatable bonds is 0. The summed E-state index contributed by atoms with van der Waals surface area (Å²) in [5, 5.41) is 0. The molecule has 4 heteroatoms. The summed E-state index contributed by atoms with van der Waals surface area (Å²) in [6, 6.07) is 0. The van der Waals surface area contributed by atoms with Crippen LogP contribution in [0.25, 0.3) is 0 Å². The van der Waals surface area contributed by atoms with Crippen LogP contribution >= 0.6 is 0 Å². The van der Waals surface area contributed by atoms with E-state index in [0.717, 1.165) is 0 Å². The van der Waals surface area contributed by atoms with Gasteiger partial charge in [0.2, 0.25) is 0 Å². The SMILES string of the molecule is [Cu+].[Fe+2].[Pb].[Zn+2]. The molecule has 0 nitrogen and oxygen atoms in total. The van der Waals surface area contributed by atoms with Crippen LogP contribution in [0.2, 0.25) is 0 Å². The van der Waals surface area contributed by atoms with Crippen LogP contribution in [0.3, 0.4) is 0 Å². The summed E-state index contributed by atoms with van der Waals surface area (Å²) in [6.45, 7) is 0. The van der Waals surface area contributed by atoms with E-state index in [1.165, 1.54) is 0 Å². The minimum atomic E-state index is 0. The molecule has 0 atom stereocenters. The fourth-order valence-corrected chi connectivity index (χ4v) is 0. The first-order valence-corrected chi connectivity index (χ1v) is 0. The molecule has 0 bridgehead atoms. The van der Waals surface area contributed by atoms with Gasteiger partial charge in [-0.3, -0.25) is 0 Å². The molecule has 0 N–H and O–H groups in total. The van der Waals surface area contributed by atoms with Gasteiger partial charge in [0.1, 0.15) is 0 Å². The van der Waals surface area contributed by atoms with E-state index in [-0.39, 0.29) is 80.9 Å². The van der Waals surface area contributed by atoms with E-state index < -0.39 is 0 Å². The predicted molar refractivity (Wildman–Crippen MR) is 5.75 cm³/mol. The van der Waals surface area contributed by atoms with Crippen molar-refractivity contribution in [2.24, 2.45) is 0 Å². The fraction of sp³-hybridized carbons (Fsp3) is 0. The zero-order valence-corrected chi connectivity index (χ0v) is 10.8. The molecule has 0 rings (SSSR count). The van der Waals surface area contributed by atoms with Crippen molar-refractivity contribution in [1.82, 2.24) is 0 Å². The van der Waals surface area contributed by atoms with E-state index >= 15 is 0 Å². The van der Waals surface area contributed by atoms with Crippen molar-refractivity contribution in [2.45, 2.75) is 0 Å². The summed E-state index contributed by atoms with van der Waals surface area (Å²) in [5.74, 6) is 0. The van der Waals surface area contributed by atoms with E-state index in [4.69, 9.17) is 0 Å². The zero-order chi connectivity index (χ0) is 0. The second kappa shape index (κ2) is 17.6. The van der Waals surface area contributed by atoms with Crippen molar-refractivity contribution < 1.29 is 53.6 Å². The third kappa shape index (κ3) is 8.82. The van der Waals surface area contributed by atoms with Crippen LogP contribution in [0.5, 0.6) is 0 Å². The van der Waals surface area contributed by atoms with Gasteiger partial charge in [-0.25, -0.2) is 0 Å². The van der Waals surface area contributed by atoms with Gasteiger partial charge in [-0.2, -0.15) is 0 Å². The molecule has 0 saturated heterocycles. The third-order valence-electron chi connectivity index (χ3n) is 0.